The van der Waals surface area contributed by atoms with E-state index in [1.807, 2.05) is 42.5 Å². The van der Waals surface area contributed by atoms with Crippen LogP contribution >= 0.6 is 11.8 Å². The second-order valence-electron chi connectivity index (χ2n) is 5.25. The van der Waals surface area contributed by atoms with Crippen LogP contribution in [0.5, 0.6) is 5.75 Å². The number of rotatable bonds is 9. The highest BCUT2D eigenvalue weighted by Gasteiger charge is 2.16. The van der Waals surface area contributed by atoms with Gasteiger partial charge in [-0.1, -0.05) is 48.5 Å². The normalized spacial score (nSPS) is 11.8. The first-order valence-electron chi connectivity index (χ1n) is 7.78. The lowest BCUT2D eigenvalue weighted by Crippen LogP contribution is -2.30. The molecule has 0 unspecified atom stereocenters. The molecule has 2 aromatic carbocycles. The minimum atomic E-state index is -0.232. The Morgan fingerprint density at radius 3 is 2.50 bits per heavy atom. The van der Waals surface area contributed by atoms with Crippen LogP contribution < -0.4 is 10.1 Å². The van der Waals surface area contributed by atoms with Crippen LogP contribution in [-0.2, 0) is 15.3 Å². The lowest BCUT2D eigenvalue weighted by atomic mass is 10.1. The van der Waals surface area contributed by atoms with Gasteiger partial charge in [-0.25, -0.2) is 0 Å². The SMILES string of the molecule is COc1ccccc1[C@@H](CNC(=O)CSCc1ccccc1)OC. The molecule has 0 aliphatic heterocycles. The van der Waals surface area contributed by atoms with Crippen molar-refractivity contribution in [1.29, 1.82) is 0 Å². The second kappa shape index (κ2) is 10.0. The van der Waals surface area contributed by atoms with E-state index in [9.17, 15) is 4.79 Å². The summed E-state index contributed by atoms with van der Waals surface area (Å²) in [7, 11) is 3.26. The highest BCUT2D eigenvalue weighted by Crippen LogP contribution is 2.26. The standard InChI is InChI=1S/C19H23NO3S/c1-22-17-11-7-6-10-16(17)18(23-2)12-20-19(21)14-24-13-15-8-4-3-5-9-15/h3-11,18H,12-14H2,1-2H3,(H,20,21)/t18-/m1/s1. The quantitative estimate of drug-likeness (QED) is 0.756. The lowest BCUT2D eigenvalue weighted by Gasteiger charge is -2.19. The zero-order valence-electron chi connectivity index (χ0n) is 14.0. The number of benzene rings is 2. The average molecular weight is 345 g/mol. The molecule has 1 amide bonds. The number of carbonyl (C=O) groups excluding carboxylic acids is 1. The van der Waals surface area contributed by atoms with Gasteiger partial charge >= 0.3 is 0 Å². The molecule has 1 atom stereocenters. The van der Waals surface area contributed by atoms with Gasteiger partial charge in [-0.15, -0.1) is 11.8 Å². The van der Waals surface area contributed by atoms with Crippen molar-refractivity contribution in [2.45, 2.75) is 11.9 Å². The number of nitrogens with one attached hydrogen (secondary N) is 1. The van der Waals surface area contributed by atoms with Crippen molar-refractivity contribution in [1.82, 2.24) is 5.32 Å². The van der Waals surface area contributed by atoms with Gasteiger partial charge in [-0.05, 0) is 11.6 Å². The van der Waals surface area contributed by atoms with E-state index in [1.165, 1.54) is 5.56 Å². The Balaban J connectivity index is 1.79. The Labute approximate surface area is 147 Å². The molecule has 0 bridgehead atoms. The van der Waals surface area contributed by atoms with Gasteiger partial charge in [0.25, 0.3) is 0 Å². The monoisotopic (exact) mass is 345 g/mol. The minimum Gasteiger partial charge on any atom is -0.496 e. The molecule has 5 heteroatoms. The molecular weight excluding hydrogens is 322 g/mol. The van der Waals surface area contributed by atoms with Gasteiger partial charge in [0.1, 0.15) is 11.9 Å². The Morgan fingerprint density at radius 2 is 1.79 bits per heavy atom. The van der Waals surface area contributed by atoms with Crippen molar-refractivity contribution in [3.8, 4) is 5.75 Å². The maximum Gasteiger partial charge on any atom is 0.230 e. The maximum absolute atomic E-state index is 12.0. The largest absolute Gasteiger partial charge is 0.496 e. The van der Waals surface area contributed by atoms with Crippen molar-refractivity contribution in [2.24, 2.45) is 0 Å². The summed E-state index contributed by atoms with van der Waals surface area (Å²) in [5.41, 5.74) is 2.15. The van der Waals surface area contributed by atoms with E-state index < -0.39 is 0 Å². The molecule has 24 heavy (non-hydrogen) atoms. The molecule has 0 saturated heterocycles. The Hall–Kier alpha value is -1.98. The molecule has 0 radical (unpaired) electrons. The first kappa shape index (κ1) is 18.4. The average Bonchev–Trinajstić information content (AvgIpc) is 2.63. The van der Waals surface area contributed by atoms with Crippen LogP contribution in [0, 0.1) is 0 Å². The van der Waals surface area contributed by atoms with Crippen LogP contribution in [-0.4, -0.2) is 32.4 Å². The predicted molar refractivity (Wildman–Crippen MR) is 98.4 cm³/mol. The molecular formula is C19H23NO3S. The fourth-order valence-electron chi connectivity index (χ4n) is 2.35. The molecule has 0 aliphatic carbocycles. The summed E-state index contributed by atoms with van der Waals surface area (Å²) in [4.78, 5) is 12.0. The second-order valence-corrected chi connectivity index (χ2v) is 6.23. The van der Waals surface area contributed by atoms with E-state index in [2.05, 4.69) is 17.4 Å². The van der Waals surface area contributed by atoms with Crippen LogP contribution in [0.3, 0.4) is 0 Å². The molecule has 0 aromatic heterocycles. The third-order valence-electron chi connectivity index (χ3n) is 3.60. The third-order valence-corrected chi connectivity index (χ3v) is 4.60. The number of ether oxygens (including phenoxy) is 2. The van der Waals surface area contributed by atoms with Gasteiger partial charge in [0, 0.05) is 25.0 Å². The van der Waals surface area contributed by atoms with Gasteiger partial charge < -0.3 is 14.8 Å². The van der Waals surface area contributed by atoms with Gasteiger partial charge in [-0.2, -0.15) is 0 Å². The van der Waals surface area contributed by atoms with Gasteiger partial charge in [-0.3, -0.25) is 4.79 Å². The topological polar surface area (TPSA) is 47.6 Å². The molecule has 2 rings (SSSR count). The molecule has 0 spiro atoms. The Kier molecular flexibility index (Phi) is 7.65. The van der Waals surface area contributed by atoms with E-state index in [1.54, 1.807) is 26.0 Å². The molecule has 128 valence electrons. The molecule has 0 saturated carbocycles. The number of thioether (sulfide) groups is 1. The van der Waals surface area contributed by atoms with Crippen molar-refractivity contribution >= 4 is 17.7 Å². The molecule has 1 N–H and O–H groups in total. The number of hydrogen-bond donors (Lipinski definition) is 1. The van der Waals surface area contributed by atoms with Gasteiger partial charge in [0.15, 0.2) is 0 Å². The van der Waals surface area contributed by atoms with E-state index >= 15 is 0 Å². The predicted octanol–water partition coefficient (Wildman–Crippen LogP) is 3.43. The van der Waals surface area contributed by atoms with Crippen LogP contribution in [0.1, 0.15) is 17.2 Å². The van der Waals surface area contributed by atoms with Crippen LogP contribution in [0.4, 0.5) is 0 Å². The number of methoxy groups -OCH3 is 2. The zero-order valence-corrected chi connectivity index (χ0v) is 14.8. The number of amides is 1. The van der Waals surface area contributed by atoms with E-state index in [4.69, 9.17) is 9.47 Å². The van der Waals surface area contributed by atoms with Crippen LogP contribution in [0.15, 0.2) is 54.6 Å². The van der Waals surface area contributed by atoms with Crippen molar-refractivity contribution in [2.75, 3.05) is 26.5 Å². The first-order valence-corrected chi connectivity index (χ1v) is 8.94. The summed E-state index contributed by atoms with van der Waals surface area (Å²) in [5, 5.41) is 2.93. The fourth-order valence-corrected chi connectivity index (χ4v) is 3.16. The maximum atomic E-state index is 12.0. The Bertz CT molecular complexity index is 634. The third kappa shape index (κ3) is 5.58. The highest BCUT2D eigenvalue weighted by molar-refractivity contribution is 7.99. The van der Waals surface area contributed by atoms with E-state index in [-0.39, 0.29) is 12.0 Å². The summed E-state index contributed by atoms with van der Waals surface area (Å²) in [6, 6.07) is 17.8. The first-order chi connectivity index (χ1) is 11.7. The van der Waals surface area contributed by atoms with Crippen molar-refractivity contribution in [3.05, 3.63) is 65.7 Å². The summed E-state index contributed by atoms with van der Waals surface area (Å²) in [6.07, 6.45) is -0.232. The smallest absolute Gasteiger partial charge is 0.230 e. The molecule has 4 nitrogen and oxygen atoms in total. The lowest BCUT2D eigenvalue weighted by molar-refractivity contribution is -0.119. The van der Waals surface area contributed by atoms with E-state index in [0.29, 0.717) is 12.3 Å². The zero-order chi connectivity index (χ0) is 17.2. The summed E-state index contributed by atoms with van der Waals surface area (Å²) < 4.78 is 10.9. The van der Waals surface area contributed by atoms with Gasteiger partial charge in [0.05, 0.1) is 12.9 Å². The number of carbonyl (C=O) groups is 1. The molecule has 0 fully saturated rings. The van der Waals surface area contributed by atoms with Crippen molar-refractivity contribution < 1.29 is 14.3 Å². The number of hydrogen-bond acceptors (Lipinski definition) is 4. The van der Waals surface area contributed by atoms with Crippen LogP contribution in [0.2, 0.25) is 0 Å². The summed E-state index contributed by atoms with van der Waals surface area (Å²) in [6.45, 7) is 0.418. The molecule has 0 aliphatic rings. The van der Waals surface area contributed by atoms with E-state index in [0.717, 1.165) is 17.1 Å². The molecule has 2 aromatic rings. The fraction of sp³-hybridized carbons (Fsp3) is 0.316. The van der Waals surface area contributed by atoms with Crippen molar-refractivity contribution in [3.63, 3.8) is 0 Å². The van der Waals surface area contributed by atoms with Gasteiger partial charge in [0.2, 0.25) is 5.91 Å². The minimum absolute atomic E-state index is 0.00730. The Morgan fingerprint density at radius 1 is 1.08 bits per heavy atom. The highest BCUT2D eigenvalue weighted by atomic mass is 32.2. The summed E-state index contributed by atoms with van der Waals surface area (Å²) in [5.74, 6) is 2.02. The molecule has 0 heterocycles. The summed E-state index contributed by atoms with van der Waals surface area (Å²) >= 11 is 1.60. The van der Waals surface area contributed by atoms with Crippen LogP contribution in [0.25, 0.3) is 0 Å². The number of para-hydroxylation sites is 1.